The van der Waals surface area contributed by atoms with E-state index in [1.54, 1.807) is 4.90 Å². The lowest BCUT2D eigenvalue weighted by atomic mass is 10.1. The van der Waals surface area contributed by atoms with Gasteiger partial charge in [0.05, 0.1) is 16.9 Å². The lowest BCUT2D eigenvalue weighted by Crippen LogP contribution is -2.30. The minimum absolute atomic E-state index is 0.0175. The number of hydrogen-bond donors (Lipinski definition) is 0. The van der Waals surface area contributed by atoms with Crippen molar-refractivity contribution in [2.75, 3.05) is 18.1 Å². The zero-order chi connectivity index (χ0) is 18.0. The first-order valence-corrected chi connectivity index (χ1v) is 9.13. The van der Waals surface area contributed by atoms with Crippen molar-refractivity contribution in [3.63, 3.8) is 0 Å². The third kappa shape index (κ3) is 3.22. The lowest BCUT2D eigenvalue weighted by Gasteiger charge is -2.21. The van der Waals surface area contributed by atoms with Crippen LogP contribution in [0.15, 0.2) is 30.6 Å². The maximum atomic E-state index is 13.2. The number of aromatic nitrogens is 2. The number of fused-ring (bicyclic) bond motifs is 1. The van der Waals surface area contributed by atoms with E-state index in [4.69, 9.17) is 4.74 Å². The summed E-state index contributed by atoms with van der Waals surface area (Å²) < 4.78 is 5.61. The largest absolute Gasteiger partial charge is 0.477 e. The Labute approximate surface area is 151 Å². The highest BCUT2D eigenvalue weighted by molar-refractivity contribution is 7.20. The lowest BCUT2D eigenvalue weighted by molar-refractivity contribution is 0.0992. The number of hydrogen-bond acceptors (Lipinski definition) is 5. The van der Waals surface area contributed by atoms with Gasteiger partial charge in [-0.3, -0.25) is 4.79 Å². The minimum atomic E-state index is -0.0175. The van der Waals surface area contributed by atoms with Crippen LogP contribution in [0.5, 0.6) is 5.88 Å². The first kappa shape index (κ1) is 17.4. The molecule has 0 unspecified atom stereocenters. The molecule has 0 aliphatic heterocycles. The van der Waals surface area contributed by atoms with Gasteiger partial charge in [0.1, 0.15) is 11.2 Å². The molecule has 5 nitrogen and oxygen atoms in total. The van der Waals surface area contributed by atoms with Crippen LogP contribution in [0.3, 0.4) is 0 Å². The van der Waals surface area contributed by atoms with E-state index in [0.29, 0.717) is 23.9 Å². The SMILES string of the molecule is CCOc1ncnc2sc(C(=O)N(CC)c3cccc(C)c3)c(C)c12. The van der Waals surface area contributed by atoms with E-state index in [9.17, 15) is 4.79 Å². The number of benzene rings is 1. The molecule has 0 aliphatic carbocycles. The molecule has 0 N–H and O–H groups in total. The third-order valence-corrected chi connectivity index (χ3v) is 5.23. The van der Waals surface area contributed by atoms with Crippen molar-refractivity contribution in [1.82, 2.24) is 9.97 Å². The van der Waals surface area contributed by atoms with Gasteiger partial charge in [0.25, 0.3) is 5.91 Å². The summed E-state index contributed by atoms with van der Waals surface area (Å²) in [4.78, 5) is 25.0. The first-order valence-electron chi connectivity index (χ1n) is 8.32. The standard InChI is InChI=1S/C19H21N3O2S/c1-5-22(14-9-7-8-12(3)10-14)19(23)16-13(4)15-17(24-6-2)20-11-21-18(15)25-16/h7-11H,5-6H2,1-4H3. The van der Waals surface area contributed by atoms with Crippen molar-refractivity contribution in [3.8, 4) is 5.88 Å². The Morgan fingerprint density at radius 1 is 1.24 bits per heavy atom. The summed E-state index contributed by atoms with van der Waals surface area (Å²) in [5.41, 5.74) is 2.90. The predicted molar refractivity (Wildman–Crippen MR) is 102 cm³/mol. The average molecular weight is 355 g/mol. The van der Waals surface area contributed by atoms with Crippen molar-refractivity contribution in [1.29, 1.82) is 0 Å². The first-order chi connectivity index (χ1) is 12.1. The number of ether oxygens (including phenoxy) is 1. The van der Waals surface area contributed by atoms with Crippen LogP contribution in [0.1, 0.15) is 34.6 Å². The molecule has 0 radical (unpaired) electrons. The van der Waals surface area contributed by atoms with Crippen molar-refractivity contribution < 1.29 is 9.53 Å². The van der Waals surface area contributed by atoms with Crippen LogP contribution in [0.2, 0.25) is 0 Å². The summed E-state index contributed by atoms with van der Waals surface area (Å²) in [7, 11) is 0. The van der Waals surface area contributed by atoms with E-state index in [0.717, 1.165) is 27.0 Å². The van der Waals surface area contributed by atoms with E-state index < -0.39 is 0 Å². The number of carbonyl (C=O) groups excluding carboxylic acids is 1. The second-order valence-corrected chi connectivity index (χ2v) is 6.74. The average Bonchev–Trinajstić information content (AvgIpc) is 2.94. The zero-order valence-corrected chi connectivity index (χ0v) is 15.7. The fraction of sp³-hybridized carbons (Fsp3) is 0.316. The number of amides is 1. The van der Waals surface area contributed by atoms with Crippen LogP contribution in [0.25, 0.3) is 10.2 Å². The molecule has 130 valence electrons. The summed E-state index contributed by atoms with van der Waals surface area (Å²) in [6, 6.07) is 7.98. The Hall–Kier alpha value is -2.47. The normalized spacial score (nSPS) is 10.9. The molecule has 0 atom stereocenters. The van der Waals surface area contributed by atoms with Gasteiger partial charge in [-0.2, -0.15) is 0 Å². The molecule has 0 bridgehead atoms. The topological polar surface area (TPSA) is 55.3 Å². The number of nitrogens with zero attached hydrogens (tertiary/aromatic N) is 3. The molecular weight excluding hydrogens is 334 g/mol. The van der Waals surface area contributed by atoms with Gasteiger partial charge < -0.3 is 9.64 Å². The molecule has 6 heteroatoms. The summed E-state index contributed by atoms with van der Waals surface area (Å²) in [5, 5.41) is 0.831. The summed E-state index contributed by atoms with van der Waals surface area (Å²) in [6.45, 7) is 8.97. The van der Waals surface area contributed by atoms with Gasteiger partial charge >= 0.3 is 0 Å². The van der Waals surface area contributed by atoms with Crippen LogP contribution in [-0.2, 0) is 0 Å². The highest BCUT2D eigenvalue weighted by atomic mass is 32.1. The van der Waals surface area contributed by atoms with E-state index in [1.807, 2.05) is 52.0 Å². The maximum absolute atomic E-state index is 13.2. The fourth-order valence-corrected chi connectivity index (χ4v) is 3.94. The van der Waals surface area contributed by atoms with Crippen LogP contribution in [0.4, 0.5) is 5.69 Å². The van der Waals surface area contributed by atoms with E-state index >= 15 is 0 Å². The molecule has 1 amide bonds. The zero-order valence-electron chi connectivity index (χ0n) is 14.9. The van der Waals surface area contributed by atoms with Crippen molar-refractivity contribution in [3.05, 3.63) is 46.6 Å². The van der Waals surface area contributed by atoms with Gasteiger partial charge in [-0.05, 0) is 51.0 Å². The maximum Gasteiger partial charge on any atom is 0.268 e. The van der Waals surface area contributed by atoms with Gasteiger partial charge in [0.2, 0.25) is 5.88 Å². The number of carbonyl (C=O) groups is 1. The van der Waals surface area contributed by atoms with E-state index in [1.165, 1.54) is 17.7 Å². The number of rotatable bonds is 5. The van der Waals surface area contributed by atoms with Gasteiger partial charge in [0.15, 0.2) is 0 Å². The molecule has 2 heterocycles. The van der Waals surface area contributed by atoms with Gasteiger partial charge in [-0.25, -0.2) is 9.97 Å². The Morgan fingerprint density at radius 3 is 2.72 bits per heavy atom. The molecule has 0 saturated heterocycles. The number of thiophene rings is 1. The summed E-state index contributed by atoms with van der Waals surface area (Å²) >= 11 is 1.39. The predicted octanol–water partition coefficient (Wildman–Crippen LogP) is 4.37. The third-order valence-electron chi connectivity index (χ3n) is 4.04. The Morgan fingerprint density at radius 2 is 2.04 bits per heavy atom. The smallest absolute Gasteiger partial charge is 0.268 e. The molecule has 0 aliphatic rings. The summed E-state index contributed by atoms with van der Waals surface area (Å²) in [6.07, 6.45) is 1.48. The van der Waals surface area contributed by atoms with E-state index in [2.05, 4.69) is 9.97 Å². The molecular formula is C19H21N3O2S. The van der Waals surface area contributed by atoms with Gasteiger partial charge in [-0.15, -0.1) is 11.3 Å². The molecule has 0 fully saturated rings. The number of aryl methyl sites for hydroxylation is 2. The fourth-order valence-electron chi connectivity index (χ4n) is 2.85. The molecule has 1 aromatic carbocycles. The van der Waals surface area contributed by atoms with Crippen LogP contribution >= 0.6 is 11.3 Å². The molecule has 25 heavy (non-hydrogen) atoms. The molecule has 3 aromatic rings. The number of anilines is 1. The second-order valence-electron chi connectivity index (χ2n) is 5.74. The Bertz CT molecular complexity index is 920. The van der Waals surface area contributed by atoms with Gasteiger partial charge in [0, 0.05) is 12.2 Å². The molecule has 2 aromatic heterocycles. The van der Waals surface area contributed by atoms with Crippen LogP contribution in [-0.4, -0.2) is 29.0 Å². The Balaban J connectivity index is 2.07. The second kappa shape index (κ2) is 7.19. The quantitative estimate of drug-likeness (QED) is 0.682. The molecule has 3 rings (SSSR count). The van der Waals surface area contributed by atoms with E-state index in [-0.39, 0.29) is 5.91 Å². The van der Waals surface area contributed by atoms with Gasteiger partial charge in [-0.1, -0.05) is 12.1 Å². The highest BCUT2D eigenvalue weighted by Gasteiger charge is 2.24. The molecule has 0 saturated carbocycles. The van der Waals surface area contributed by atoms with Crippen molar-refractivity contribution >= 4 is 33.1 Å². The molecule has 0 spiro atoms. The van der Waals surface area contributed by atoms with Crippen LogP contribution in [0, 0.1) is 13.8 Å². The van der Waals surface area contributed by atoms with Crippen molar-refractivity contribution in [2.24, 2.45) is 0 Å². The highest BCUT2D eigenvalue weighted by Crippen LogP contribution is 2.35. The minimum Gasteiger partial charge on any atom is -0.477 e. The summed E-state index contributed by atoms with van der Waals surface area (Å²) in [5.74, 6) is 0.523. The monoisotopic (exact) mass is 355 g/mol. The Kier molecular flexibility index (Phi) is 4.99. The van der Waals surface area contributed by atoms with Crippen LogP contribution < -0.4 is 9.64 Å². The van der Waals surface area contributed by atoms with Crippen molar-refractivity contribution in [2.45, 2.75) is 27.7 Å².